The highest BCUT2D eigenvalue weighted by Crippen LogP contribution is 2.18. The summed E-state index contributed by atoms with van der Waals surface area (Å²) >= 11 is 1.64. The van der Waals surface area contributed by atoms with Gasteiger partial charge in [-0.05, 0) is 19.3 Å². The Hall–Kier alpha value is -1.18. The summed E-state index contributed by atoms with van der Waals surface area (Å²) < 4.78 is 5.41. The second kappa shape index (κ2) is 8.61. The number of ether oxygens (including phenoxy) is 1. The lowest BCUT2D eigenvalue weighted by Crippen LogP contribution is -2.54. The van der Waals surface area contributed by atoms with Crippen molar-refractivity contribution in [3.8, 4) is 0 Å². The molecule has 0 saturated carbocycles. The molecule has 0 unspecified atom stereocenters. The maximum atomic E-state index is 12.5. The number of likely N-dealkylation sites (tertiary alicyclic amines) is 1. The van der Waals surface area contributed by atoms with Crippen molar-refractivity contribution in [2.75, 3.05) is 45.9 Å². The van der Waals surface area contributed by atoms with Crippen LogP contribution < -0.4 is 5.32 Å². The Morgan fingerprint density at radius 1 is 1.35 bits per heavy atom. The van der Waals surface area contributed by atoms with E-state index in [1.54, 1.807) is 11.3 Å². The molecule has 0 radical (unpaired) electrons. The number of morpholine rings is 1. The fourth-order valence-corrected chi connectivity index (χ4v) is 3.91. The molecule has 2 fully saturated rings. The standard InChI is InChI=1S/C16H26N4O2S/c21-16(18-5-4-15-17-6-12-23-15)20-7-2-1-3-14(20)13-19-8-10-22-11-9-19/h6,12,14H,1-5,7-11,13H2,(H,18,21)/t14-/m0/s1. The first kappa shape index (κ1) is 16.7. The first-order valence-electron chi connectivity index (χ1n) is 8.56. The van der Waals surface area contributed by atoms with Crippen LogP contribution in [0.15, 0.2) is 11.6 Å². The van der Waals surface area contributed by atoms with Gasteiger partial charge in [-0.25, -0.2) is 9.78 Å². The molecule has 23 heavy (non-hydrogen) atoms. The molecule has 1 atom stereocenters. The number of hydrogen-bond donors (Lipinski definition) is 1. The molecule has 0 aliphatic carbocycles. The lowest BCUT2D eigenvalue weighted by atomic mass is 10.0. The molecular weight excluding hydrogens is 312 g/mol. The number of carbonyl (C=O) groups excluding carboxylic acids is 1. The molecule has 2 aliphatic heterocycles. The number of amides is 2. The van der Waals surface area contributed by atoms with E-state index >= 15 is 0 Å². The molecule has 1 N–H and O–H groups in total. The number of aromatic nitrogens is 1. The summed E-state index contributed by atoms with van der Waals surface area (Å²) in [7, 11) is 0. The van der Waals surface area contributed by atoms with Crippen molar-refractivity contribution in [1.82, 2.24) is 20.1 Å². The molecule has 0 bridgehead atoms. The van der Waals surface area contributed by atoms with Crippen LogP contribution in [-0.4, -0.2) is 72.8 Å². The van der Waals surface area contributed by atoms with Gasteiger partial charge in [-0.3, -0.25) is 4.90 Å². The van der Waals surface area contributed by atoms with Gasteiger partial charge in [0.25, 0.3) is 0 Å². The van der Waals surface area contributed by atoms with Gasteiger partial charge in [0.05, 0.1) is 18.2 Å². The number of nitrogens with zero attached hydrogens (tertiary/aromatic N) is 3. The summed E-state index contributed by atoms with van der Waals surface area (Å²) in [5, 5.41) is 6.12. The van der Waals surface area contributed by atoms with E-state index in [4.69, 9.17) is 4.74 Å². The van der Waals surface area contributed by atoms with Crippen molar-refractivity contribution in [2.24, 2.45) is 0 Å². The smallest absolute Gasteiger partial charge is 0.317 e. The quantitative estimate of drug-likeness (QED) is 0.886. The molecule has 1 aromatic heterocycles. The second-order valence-corrected chi connectivity index (χ2v) is 7.14. The number of urea groups is 1. The Kier molecular flexibility index (Phi) is 6.24. The Morgan fingerprint density at radius 2 is 2.22 bits per heavy atom. The van der Waals surface area contributed by atoms with Gasteiger partial charge >= 0.3 is 6.03 Å². The van der Waals surface area contributed by atoms with E-state index in [-0.39, 0.29) is 6.03 Å². The second-order valence-electron chi connectivity index (χ2n) is 6.16. The third-order valence-electron chi connectivity index (χ3n) is 4.56. The predicted molar refractivity (Wildman–Crippen MR) is 90.8 cm³/mol. The number of rotatable bonds is 5. The van der Waals surface area contributed by atoms with Gasteiger partial charge in [-0.2, -0.15) is 0 Å². The summed E-state index contributed by atoms with van der Waals surface area (Å²) in [5.74, 6) is 0. The van der Waals surface area contributed by atoms with Gasteiger partial charge < -0.3 is 15.0 Å². The lowest BCUT2D eigenvalue weighted by Gasteiger charge is -2.39. The minimum absolute atomic E-state index is 0.0829. The molecule has 1 aromatic rings. The third kappa shape index (κ3) is 4.89. The fraction of sp³-hybridized carbons (Fsp3) is 0.750. The molecule has 0 aromatic carbocycles. The van der Waals surface area contributed by atoms with E-state index < -0.39 is 0 Å². The lowest BCUT2D eigenvalue weighted by molar-refractivity contribution is 0.0221. The van der Waals surface area contributed by atoms with Crippen molar-refractivity contribution in [2.45, 2.75) is 31.7 Å². The number of piperidine rings is 1. The Morgan fingerprint density at radius 3 is 3.00 bits per heavy atom. The molecule has 3 rings (SSSR count). The zero-order valence-corrected chi connectivity index (χ0v) is 14.4. The maximum absolute atomic E-state index is 12.5. The average Bonchev–Trinajstić information content (AvgIpc) is 3.09. The normalized spacial score (nSPS) is 23.0. The highest BCUT2D eigenvalue weighted by Gasteiger charge is 2.28. The topological polar surface area (TPSA) is 57.7 Å². The van der Waals surface area contributed by atoms with E-state index in [0.29, 0.717) is 12.6 Å². The highest BCUT2D eigenvalue weighted by molar-refractivity contribution is 7.09. The summed E-state index contributed by atoms with van der Waals surface area (Å²) in [4.78, 5) is 21.3. The van der Waals surface area contributed by atoms with Crippen molar-refractivity contribution >= 4 is 17.4 Å². The molecule has 2 aliphatic rings. The maximum Gasteiger partial charge on any atom is 0.317 e. The van der Waals surface area contributed by atoms with Crippen molar-refractivity contribution in [1.29, 1.82) is 0 Å². The first-order chi connectivity index (χ1) is 11.3. The van der Waals surface area contributed by atoms with Crippen molar-refractivity contribution < 1.29 is 9.53 Å². The molecule has 7 heteroatoms. The van der Waals surface area contributed by atoms with Crippen LogP contribution in [0.25, 0.3) is 0 Å². The number of nitrogens with one attached hydrogen (secondary N) is 1. The summed E-state index contributed by atoms with van der Waals surface area (Å²) in [6.45, 7) is 6.10. The van der Waals surface area contributed by atoms with Gasteiger partial charge in [-0.15, -0.1) is 11.3 Å². The van der Waals surface area contributed by atoms with Gasteiger partial charge in [0.1, 0.15) is 0 Å². The molecule has 0 spiro atoms. The zero-order chi connectivity index (χ0) is 15.9. The van der Waals surface area contributed by atoms with Crippen molar-refractivity contribution in [3.05, 3.63) is 16.6 Å². The van der Waals surface area contributed by atoms with Crippen LogP contribution in [0, 0.1) is 0 Å². The Bertz CT molecular complexity index is 476. The molecule has 2 saturated heterocycles. The molecular formula is C16H26N4O2S. The Labute approximate surface area is 141 Å². The van der Waals surface area contributed by atoms with Crippen LogP contribution in [0.1, 0.15) is 24.3 Å². The van der Waals surface area contributed by atoms with Crippen LogP contribution in [0.3, 0.4) is 0 Å². The van der Waals surface area contributed by atoms with Crippen LogP contribution in [0.5, 0.6) is 0 Å². The van der Waals surface area contributed by atoms with E-state index in [2.05, 4.69) is 15.2 Å². The molecule has 6 nitrogen and oxygen atoms in total. The molecule has 2 amide bonds. The van der Waals surface area contributed by atoms with Gasteiger partial charge in [0, 0.05) is 56.8 Å². The monoisotopic (exact) mass is 338 g/mol. The van der Waals surface area contributed by atoms with E-state index in [0.717, 1.165) is 63.7 Å². The number of carbonyl (C=O) groups is 1. The molecule has 128 valence electrons. The first-order valence-corrected chi connectivity index (χ1v) is 9.44. The van der Waals surface area contributed by atoms with Crippen LogP contribution in [0.4, 0.5) is 4.79 Å². The number of thiazole rings is 1. The third-order valence-corrected chi connectivity index (χ3v) is 5.40. The van der Waals surface area contributed by atoms with Gasteiger partial charge in [-0.1, -0.05) is 0 Å². The summed E-state index contributed by atoms with van der Waals surface area (Å²) in [6.07, 6.45) is 6.06. The largest absolute Gasteiger partial charge is 0.379 e. The summed E-state index contributed by atoms with van der Waals surface area (Å²) in [6, 6.07) is 0.418. The highest BCUT2D eigenvalue weighted by atomic mass is 32.1. The summed E-state index contributed by atoms with van der Waals surface area (Å²) in [5.41, 5.74) is 0. The van der Waals surface area contributed by atoms with Gasteiger partial charge in [0.15, 0.2) is 0 Å². The van der Waals surface area contributed by atoms with Crippen LogP contribution >= 0.6 is 11.3 Å². The Balaban J connectivity index is 1.47. The fourth-order valence-electron chi connectivity index (χ4n) is 3.29. The zero-order valence-electron chi connectivity index (χ0n) is 13.6. The van der Waals surface area contributed by atoms with E-state index in [9.17, 15) is 4.79 Å². The van der Waals surface area contributed by atoms with Crippen LogP contribution in [0.2, 0.25) is 0 Å². The predicted octanol–water partition coefficient (Wildman–Crippen LogP) is 1.58. The van der Waals surface area contributed by atoms with E-state index in [1.807, 2.05) is 16.5 Å². The van der Waals surface area contributed by atoms with Gasteiger partial charge in [0.2, 0.25) is 0 Å². The number of hydrogen-bond acceptors (Lipinski definition) is 5. The van der Waals surface area contributed by atoms with E-state index in [1.165, 1.54) is 6.42 Å². The SMILES string of the molecule is O=C(NCCc1nccs1)N1CCCC[C@H]1CN1CCOCC1. The minimum Gasteiger partial charge on any atom is -0.379 e. The minimum atomic E-state index is 0.0829. The van der Waals surface area contributed by atoms with Crippen molar-refractivity contribution in [3.63, 3.8) is 0 Å². The van der Waals surface area contributed by atoms with Crippen LogP contribution in [-0.2, 0) is 11.2 Å². The molecule has 3 heterocycles. The average molecular weight is 338 g/mol.